The van der Waals surface area contributed by atoms with Crippen molar-refractivity contribution in [3.05, 3.63) is 35.7 Å². The molecular formula is C18H21N3O2. The van der Waals surface area contributed by atoms with E-state index in [2.05, 4.69) is 17.1 Å². The normalized spacial score (nSPS) is 21.4. The lowest BCUT2D eigenvalue weighted by atomic mass is 10.0. The molecule has 5 heteroatoms. The fourth-order valence-electron chi connectivity index (χ4n) is 3.21. The third-order valence-electron chi connectivity index (χ3n) is 4.75. The number of aryl methyl sites for hydroxylation is 1. The molecule has 1 saturated heterocycles. The third-order valence-corrected chi connectivity index (χ3v) is 4.75. The van der Waals surface area contributed by atoms with E-state index in [1.54, 1.807) is 0 Å². The molecule has 2 aromatic rings. The number of likely N-dealkylation sites (tertiary alicyclic amines) is 1. The molecule has 120 valence electrons. The molecule has 4 rings (SSSR count). The predicted molar refractivity (Wildman–Crippen MR) is 85.5 cm³/mol. The van der Waals surface area contributed by atoms with Gasteiger partial charge in [0.15, 0.2) is 0 Å². The van der Waals surface area contributed by atoms with E-state index in [0.717, 1.165) is 44.2 Å². The number of benzene rings is 1. The monoisotopic (exact) mass is 311 g/mol. The lowest BCUT2D eigenvalue weighted by molar-refractivity contribution is -0.137. The number of hydrogen-bond donors (Lipinski definition) is 0. The summed E-state index contributed by atoms with van der Waals surface area (Å²) in [6.45, 7) is 2.86. The van der Waals surface area contributed by atoms with E-state index >= 15 is 0 Å². The molecule has 2 heterocycles. The van der Waals surface area contributed by atoms with Crippen LogP contribution in [0.4, 0.5) is 0 Å². The summed E-state index contributed by atoms with van der Waals surface area (Å²) in [5, 5.41) is 4.12. The van der Waals surface area contributed by atoms with E-state index in [0.29, 0.717) is 11.7 Å². The molecule has 0 N–H and O–H groups in total. The Hall–Kier alpha value is -2.17. The Labute approximate surface area is 135 Å². The topological polar surface area (TPSA) is 59.2 Å². The maximum absolute atomic E-state index is 12.5. The summed E-state index contributed by atoms with van der Waals surface area (Å²) in [5.74, 6) is 1.68. The summed E-state index contributed by atoms with van der Waals surface area (Å²) in [6.07, 6.45) is 5.13. The van der Waals surface area contributed by atoms with E-state index in [-0.39, 0.29) is 17.9 Å². The van der Waals surface area contributed by atoms with Gasteiger partial charge in [-0.05, 0) is 39.0 Å². The summed E-state index contributed by atoms with van der Waals surface area (Å²) in [6, 6.07) is 8.02. The Morgan fingerprint density at radius 3 is 2.70 bits per heavy atom. The number of carbonyl (C=O) groups excluding carboxylic acids is 1. The highest BCUT2D eigenvalue weighted by Crippen LogP contribution is 2.37. The largest absolute Gasteiger partial charge is 0.337 e. The molecule has 1 saturated carbocycles. The van der Waals surface area contributed by atoms with E-state index in [4.69, 9.17) is 4.52 Å². The number of nitrogens with zero attached hydrogens (tertiary/aromatic N) is 3. The molecule has 2 aliphatic rings. The first kappa shape index (κ1) is 14.4. The van der Waals surface area contributed by atoms with Crippen LogP contribution in [0.1, 0.15) is 49.6 Å². The lowest BCUT2D eigenvalue weighted by Crippen LogP contribution is -2.39. The highest BCUT2D eigenvalue weighted by atomic mass is 16.5. The molecule has 23 heavy (non-hydrogen) atoms. The van der Waals surface area contributed by atoms with Gasteiger partial charge in [0.2, 0.25) is 17.6 Å². The van der Waals surface area contributed by atoms with Gasteiger partial charge in [-0.2, -0.15) is 4.98 Å². The molecule has 1 aromatic carbocycles. The fourth-order valence-corrected chi connectivity index (χ4v) is 3.21. The first-order valence-corrected chi connectivity index (χ1v) is 8.43. The predicted octanol–water partition coefficient (Wildman–Crippen LogP) is 3.51. The maximum atomic E-state index is 12.5. The number of piperidine rings is 1. The molecule has 0 spiro atoms. The Morgan fingerprint density at radius 1 is 1.17 bits per heavy atom. The standard InChI is InChI=1S/C18H21N3O2/c1-12-5-7-13(8-6-12)16-19-17(23-20-16)15-4-2-3-11-21(15)18(22)14-9-10-14/h5-8,14-15H,2-4,9-11H2,1H3. The summed E-state index contributed by atoms with van der Waals surface area (Å²) in [7, 11) is 0. The average Bonchev–Trinajstić information content (AvgIpc) is 3.32. The fraction of sp³-hybridized carbons (Fsp3) is 0.500. The molecule has 1 unspecified atom stereocenters. The second kappa shape index (κ2) is 5.80. The van der Waals surface area contributed by atoms with Gasteiger partial charge in [0.25, 0.3) is 0 Å². The summed E-state index contributed by atoms with van der Waals surface area (Å²) >= 11 is 0. The summed E-state index contributed by atoms with van der Waals surface area (Å²) in [4.78, 5) is 19.0. The van der Waals surface area contributed by atoms with Gasteiger partial charge in [-0.15, -0.1) is 0 Å². The van der Waals surface area contributed by atoms with Crippen LogP contribution >= 0.6 is 0 Å². The molecule has 2 fully saturated rings. The highest BCUT2D eigenvalue weighted by molar-refractivity contribution is 5.81. The Morgan fingerprint density at radius 2 is 1.96 bits per heavy atom. The zero-order valence-corrected chi connectivity index (χ0v) is 13.4. The molecule has 0 radical (unpaired) electrons. The van der Waals surface area contributed by atoms with Gasteiger partial charge in [-0.25, -0.2) is 0 Å². The van der Waals surface area contributed by atoms with Crippen LogP contribution in [0.5, 0.6) is 0 Å². The Kier molecular flexibility index (Phi) is 3.63. The number of amides is 1. The first-order chi connectivity index (χ1) is 11.2. The first-order valence-electron chi connectivity index (χ1n) is 8.43. The Balaban J connectivity index is 1.58. The second-order valence-corrected chi connectivity index (χ2v) is 6.64. The van der Waals surface area contributed by atoms with Crippen molar-refractivity contribution in [2.45, 2.75) is 45.1 Å². The van der Waals surface area contributed by atoms with E-state index in [9.17, 15) is 4.79 Å². The minimum Gasteiger partial charge on any atom is -0.337 e. The van der Waals surface area contributed by atoms with E-state index < -0.39 is 0 Å². The molecule has 1 aliphatic heterocycles. The summed E-state index contributed by atoms with van der Waals surface area (Å²) in [5.41, 5.74) is 2.15. The average molecular weight is 311 g/mol. The molecule has 1 atom stereocenters. The van der Waals surface area contributed by atoms with Crippen molar-refractivity contribution in [1.82, 2.24) is 15.0 Å². The van der Waals surface area contributed by atoms with Crippen molar-refractivity contribution in [1.29, 1.82) is 0 Å². The molecule has 5 nitrogen and oxygen atoms in total. The van der Waals surface area contributed by atoms with Crippen LogP contribution in [0.25, 0.3) is 11.4 Å². The van der Waals surface area contributed by atoms with Gasteiger partial charge in [-0.3, -0.25) is 4.79 Å². The highest BCUT2D eigenvalue weighted by Gasteiger charge is 2.39. The van der Waals surface area contributed by atoms with Crippen LogP contribution in [-0.4, -0.2) is 27.5 Å². The van der Waals surface area contributed by atoms with Gasteiger partial charge in [0.05, 0.1) is 0 Å². The number of hydrogen-bond acceptors (Lipinski definition) is 4. The minimum absolute atomic E-state index is 0.0523. The zero-order valence-electron chi connectivity index (χ0n) is 13.4. The van der Waals surface area contributed by atoms with E-state index in [1.807, 2.05) is 29.2 Å². The van der Waals surface area contributed by atoms with Gasteiger partial charge in [0.1, 0.15) is 6.04 Å². The van der Waals surface area contributed by atoms with Crippen LogP contribution in [0.2, 0.25) is 0 Å². The zero-order chi connectivity index (χ0) is 15.8. The van der Waals surface area contributed by atoms with Crippen molar-refractivity contribution < 1.29 is 9.32 Å². The van der Waals surface area contributed by atoms with Gasteiger partial charge in [0, 0.05) is 18.0 Å². The SMILES string of the molecule is Cc1ccc(-c2noc(C3CCCCN3C(=O)C3CC3)n2)cc1. The van der Waals surface area contributed by atoms with Gasteiger partial charge < -0.3 is 9.42 Å². The summed E-state index contributed by atoms with van der Waals surface area (Å²) < 4.78 is 5.51. The van der Waals surface area contributed by atoms with Crippen molar-refractivity contribution in [3.8, 4) is 11.4 Å². The quantitative estimate of drug-likeness (QED) is 0.870. The van der Waals surface area contributed by atoms with Crippen molar-refractivity contribution in [2.75, 3.05) is 6.54 Å². The Bertz CT molecular complexity index is 703. The molecule has 1 aromatic heterocycles. The molecule has 0 bridgehead atoms. The van der Waals surface area contributed by atoms with Crippen molar-refractivity contribution in [2.24, 2.45) is 5.92 Å². The smallest absolute Gasteiger partial charge is 0.249 e. The lowest BCUT2D eigenvalue weighted by Gasteiger charge is -2.33. The van der Waals surface area contributed by atoms with Crippen molar-refractivity contribution in [3.63, 3.8) is 0 Å². The number of carbonyl (C=O) groups is 1. The number of rotatable bonds is 3. The van der Waals surface area contributed by atoms with Crippen LogP contribution in [0.3, 0.4) is 0 Å². The maximum Gasteiger partial charge on any atom is 0.249 e. The second-order valence-electron chi connectivity index (χ2n) is 6.64. The number of aromatic nitrogens is 2. The van der Waals surface area contributed by atoms with Crippen molar-refractivity contribution >= 4 is 5.91 Å². The van der Waals surface area contributed by atoms with Crippen LogP contribution in [0, 0.1) is 12.8 Å². The van der Waals surface area contributed by atoms with Crippen LogP contribution < -0.4 is 0 Å². The molecular weight excluding hydrogens is 290 g/mol. The van der Waals surface area contributed by atoms with Crippen LogP contribution in [0.15, 0.2) is 28.8 Å². The van der Waals surface area contributed by atoms with Crippen LogP contribution in [-0.2, 0) is 4.79 Å². The molecule has 1 amide bonds. The third kappa shape index (κ3) is 2.87. The van der Waals surface area contributed by atoms with Gasteiger partial charge >= 0.3 is 0 Å². The molecule has 1 aliphatic carbocycles. The van der Waals surface area contributed by atoms with E-state index in [1.165, 1.54) is 5.56 Å². The van der Waals surface area contributed by atoms with Gasteiger partial charge in [-0.1, -0.05) is 35.0 Å². The minimum atomic E-state index is -0.0523.